The molecule has 24 nitrogen and oxygen atoms in total. The minimum Gasteiger partial charge on any atom is -0.480 e. The number of hydrogen-bond donors (Lipinski definition) is 11. The standard InChI is InChI=1S/C70H131N2O22P/c1-5-9-13-17-21-25-29-33-37-41-52(74)45-58(78)71-63-67(92-61(82)47-54(76)43-39-35-31-27-23-19-15-11-7-3)65(84)57(91-69(63)89-51-60(80)81)50-88-70-64(72-59(79)46-53(75)42-38-34-30-26-22-18-14-10-6-2)68(66(56(49-73)90-70)94-95(85,86)87)93-62(83)48-55(77)44-40-36-32-28-24-20-16-12-8-4/h52-57,63-70,73-77,84H,5-51H2,1-4H3,(H,71,78)(H,72,79)(H,80,81)(H2,85,86,87)/t52-,53-,54-,55-,56-,57-,63-,64-,65-,66-,67-,68-,69-,70-/m1/s1. The zero-order valence-corrected chi connectivity index (χ0v) is 59.5. The van der Waals surface area contributed by atoms with Gasteiger partial charge in [0.25, 0.3) is 0 Å². The number of esters is 2. The highest BCUT2D eigenvalue weighted by molar-refractivity contribution is 7.46. The summed E-state index contributed by atoms with van der Waals surface area (Å²) in [6.45, 7) is 5.70. The molecule has 2 amide bonds. The molecule has 2 rings (SSSR count). The predicted molar refractivity (Wildman–Crippen MR) is 360 cm³/mol. The van der Waals surface area contributed by atoms with Crippen molar-refractivity contribution in [3.63, 3.8) is 0 Å². The molecule has 2 aliphatic heterocycles. The number of aliphatic hydroxyl groups is 6. The predicted octanol–water partition coefficient (Wildman–Crippen LogP) is 10.9. The van der Waals surface area contributed by atoms with Crippen LogP contribution in [-0.2, 0) is 61.5 Å². The summed E-state index contributed by atoms with van der Waals surface area (Å²) >= 11 is 0. The number of phosphoric ester groups is 1. The number of aliphatic carboxylic acids is 1. The van der Waals surface area contributed by atoms with Crippen molar-refractivity contribution < 1.29 is 107 Å². The molecule has 2 heterocycles. The van der Waals surface area contributed by atoms with Crippen molar-refractivity contribution >= 4 is 37.5 Å². The highest BCUT2D eigenvalue weighted by Gasteiger charge is 2.54. The van der Waals surface area contributed by atoms with Crippen molar-refractivity contribution in [1.29, 1.82) is 0 Å². The molecule has 0 aromatic heterocycles. The van der Waals surface area contributed by atoms with Gasteiger partial charge in [0, 0.05) is 0 Å². The zero-order chi connectivity index (χ0) is 70.1. The van der Waals surface area contributed by atoms with Gasteiger partial charge in [-0.3, -0.25) is 23.7 Å². The number of aliphatic hydroxyl groups excluding tert-OH is 6. The van der Waals surface area contributed by atoms with E-state index in [4.69, 9.17) is 32.9 Å². The minimum atomic E-state index is -5.54. The fourth-order valence-electron chi connectivity index (χ4n) is 12.5. The number of hydrogen-bond acceptors (Lipinski definition) is 19. The van der Waals surface area contributed by atoms with E-state index in [0.717, 1.165) is 154 Å². The number of nitrogens with one attached hydrogen (secondary N) is 2. The topological polar surface area (TPSA) is 373 Å². The largest absolute Gasteiger partial charge is 0.480 e. The number of carbonyl (C=O) groups excluding carboxylic acids is 4. The lowest BCUT2D eigenvalue weighted by Gasteiger charge is -2.47. The molecule has 0 saturated carbocycles. The third-order valence-electron chi connectivity index (χ3n) is 18.0. The second-order valence-corrected chi connectivity index (χ2v) is 28.0. The molecular formula is C70H131N2O22P. The first kappa shape index (κ1) is 88.1. The normalized spacial score (nSPS) is 22.8. The summed E-state index contributed by atoms with van der Waals surface area (Å²) in [4.78, 5) is 88.2. The van der Waals surface area contributed by atoms with E-state index < -0.39 is 169 Å². The van der Waals surface area contributed by atoms with Gasteiger partial charge in [-0.1, -0.05) is 259 Å². The number of carboxylic acid groups (broad SMARTS) is 1. The lowest BCUT2D eigenvalue weighted by Crippen LogP contribution is -2.68. The number of unbranched alkanes of at least 4 members (excludes halogenated alkanes) is 32. The van der Waals surface area contributed by atoms with Crippen LogP contribution in [0.15, 0.2) is 0 Å². The number of rotatable bonds is 61. The van der Waals surface area contributed by atoms with Crippen molar-refractivity contribution in [2.24, 2.45) is 0 Å². The van der Waals surface area contributed by atoms with Gasteiger partial charge in [0.1, 0.15) is 43.1 Å². The van der Waals surface area contributed by atoms with Gasteiger partial charge in [0.2, 0.25) is 11.8 Å². The van der Waals surface area contributed by atoms with Gasteiger partial charge < -0.3 is 84.6 Å². The smallest absolute Gasteiger partial charge is 0.470 e. The van der Waals surface area contributed by atoms with Crippen molar-refractivity contribution in [1.82, 2.24) is 10.6 Å². The van der Waals surface area contributed by atoms with E-state index in [0.29, 0.717) is 25.7 Å². The molecule has 25 heteroatoms. The molecule has 0 spiro atoms. The number of carbonyl (C=O) groups is 5. The summed E-state index contributed by atoms with van der Waals surface area (Å²) in [7, 11) is -5.54. The van der Waals surface area contributed by atoms with Gasteiger partial charge in [0.05, 0.1) is 63.3 Å². The van der Waals surface area contributed by atoms with Crippen LogP contribution in [0.1, 0.15) is 310 Å². The van der Waals surface area contributed by atoms with Gasteiger partial charge in [-0.25, -0.2) is 9.36 Å². The molecule has 14 atom stereocenters. The third-order valence-corrected chi connectivity index (χ3v) is 18.5. The van der Waals surface area contributed by atoms with Crippen LogP contribution in [0, 0.1) is 0 Å². The van der Waals surface area contributed by atoms with Crippen molar-refractivity contribution in [3.8, 4) is 0 Å². The SMILES string of the molecule is CCCCCCCCCCC[C@@H](O)CC(=O)N[C@H]1[C@H](OC[C@H]2O[C@@H](OCC(=O)O)[C@H](NC(=O)C[C@H](O)CCCCCCCCCCC)[C@@H](OC(=O)C[C@H](O)CCCCCCCCCCC)[C@@H]2O)O[C@H](CO)[C@@H](OP(=O)(O)O)[C@@H]1OC(=O)C[C@H](O)CCCCCCCCCCC. The van der Waals surface area contributed by atoms with Gasteiger partial charge >= 0.3 is 25.7 Å². The Balaban J connectivity index is 2.54. The Bertz CT molecular complexity index is 2020. The summed E-state index contributed by atoms with van der Waals surface area (Å²) in [5, 5.41) is 82.4. The fourth-order valence-corrected chi connectivity index (χ4v) is 13.1. The summed E-state index contributed by atoms with van der Waals surface area (Å²) in [6.07, 6.45) is 16.0. The molecule has 11 N–H and O–H groups in total. The first-order valence-electron chi connectivity index (χ1n) is 37.1. The maximum atomic E-state index is 14.1. The Morgan fingerprint density at radius 3 is 1.07 bits per heavy atom. The average molecular weight is 1380 g/mol. The molecule has 0 bridgehead atoms. The molecule has 0 unspecified atom stereocenters. The average Bonchev–Trinajstić information content (AvgIpc) is 0.791. The summed E-state index contributed by atoms with van der Waals surface area (Å²) in [5.41, 5.74) is 0. The number of phosphoric acid groups is 1. The highest BCUT2D eigenvalue weighted by Crippen LogP contribution is 2.43. The van der Waals surface area contributed by atoms with Crippen molar-refractivity contribution in [3.05, 3.63) is 0 Å². The van der Waals surface area contributed by atoms with Crippen LogP contribution in [-0.4, -0.2) is 181 Å². The van der Waals surface area contributed by atoms with Gasteiger partial charge in [0.15, 0.2) is 24.8 Å². The van der Waals surface area contributed by atoms with E-state index in [9.17, 15) is 74.1 Å². The van der Waals surface area contributed by atoms with Gasteiger partial charge in [-0.2, -0.15) is 0 Å². The van der Waals surface area contributed by atoms with E-state index in [1.165, 1.54) is 51.4 Å². The molecular weight excluding hydrogens is 1250 g/mol. The highest BCUT2D eigenvalue weighted by atomic mass is 31.2. The molecule has 558 valence electrons. The Morgan fingerprint density at radius 1 is 0.432 bits per heavy atom. The van der Waals surface area contributed by atoms with E-state index in [-0.39, 0.29) is 25.7 Å². The van der Waals surface area contributed by atoms with Gasteiger partial charge in [-0.05, 0) is 25.7 Å². The van der Waals surface area contributed by atoms with Crippen LogP contribution >= 0.6 is 7.82 Å². The number of ether oxygens (including phenoxy) is 6. The van der Waals surface area contributed by atoms with Crippen LogP contribution in [0.5, 0.6) is 0 Å². The van der Waals surface area contributed by atoms with Crippen molar-refractivity contribution in [2.75, 3.05) is 19.8 Å². The first-order chi connectivity index (χ1) is 45.7. The summed E-state index contributed by atoms with van der Waals surface area (Å²) in [5.74, 6) is -5.22. The quantitative estimate of drug-likeness (QED) is 0.0153. The van der Waals surface area contributed by atoms with E-state index in [1.807, 2.05) is 0 Å². The number of carboxylic acids is 1. The molecule has 0 aliphatic carbocycles. The second-order valence-electron chi connectivity index (χ2n) is 26.9. The molecule has 0 radical (unpaired) electrons. The lowest BCUT2D eigenvalue weighted by molar-refractivity contribution is -0.304. The van der Waals surface area contributed by atoms with E-state index >= 15 is 0 Å². The Morgan fingerprint density at radius 2 is 0.737 bits per heavy atom. The third kappa shape index (κ3) is 42.7. The monoisotopic (exact) mass is 1380 g/mol. The summed E-state index contributed by atoms with van der Waals surface area (Å²) in [6, 6.07) is -3.44. The Kier molecular flexibility index (Phi) is 50.9. The fraction of sp³-hybridized carbons (Fsp3) is 0.929. The maximum Gasteiger partial charge on any atom is 0.470 e. The minimum absolute atomic E-state index is 0.214. The Hall–Kier alpha value is -2.94. The van der Waals surface area contributed by atoms with Crippen LogP contribution < -0.4 is 10.6 Å². The second kappa shape index (κ2) is 54.8. The van der Waals surface area contributed by atoms with E-state index in [1.54, 1.807) is 0 Å². The molecule has 2 saturated heterocycles. The molecule has 0 aromatic carbocycles. The van der Waals surface area contributed by atoms with Crippen LogP contribution in [0.3, 0.4) is 0 Å². The van der Waals surface area contributed by atoms with Crippen LogP contribution in [0.4, 0.5) is 0 Å². The Labute approximate surface area is 568 Å². The number of amides is 2. The molecule has 2 aliphatic rings. The van der Waals surface area contributed by atoms with E-state index in [2.05, 4.69) is 38.3 Å². The first-order valence-corrected chi connectivity index (χ1v) is 38.7. The zero-order valence-electron chi connectivity index (χ0n) is 58.6. The maximum absolute atomic E-state index is 14.1. The molecule has 2 fully saturated rings. The summed E-state index contributed by atoms with van der Waals surface area (Å²) < 4.78 is 53.7. The molecule has 95 heavy (non-hydrogen) atoms. The van der Waals surface area contributed by atoms with Crippen molar-refractivity contribution in [2.45, 2.75) is 396 Å². The molecule has 0 aromatic rings. The lowest BCUT2D eigenvalue weighted by atomic mass is 9.95. The van der Waals surface area contributed by atoms with Gasteiger partial charge in [-0.15, -0.1) is 0 Å². The van der Waals surface area contributed by atoms with Crippen LogP contribution in [0.25, 0.3) is 0 Å². The van der Waals surface area contributed by atoms with Crippen LogP contribution in [0.2, 0.25) is 0 Å².